The summed E-state index contributed by atoms with van der Waals surface area (Å²) >= 11 is 0. The molecule has 1 N–H and O–H groups in total. The summed E-state index contributed by atoms with van der Waals surface area (Å²) in [5, 5.41) is 0. The van der Waals surface area contributed by atoms with Gasteiger partial charge in [0.25, 0.3) is 0 Å². The van der Waals surface area contributed by atoms with Crippen LogP contribution in [-0.4, -0.2) is 24.8 Å². The van der Waals surface area contributed by atoms with Crippen LogP contribution in [0.4, 0.5) is 0 Å². The van der Waals surface area contributed by atoms with E-state index in [2.05, 4.69) is 0 Å². The van der Waals surface area contributed by atoms with E-state index in [0.717, 1.165) is 5.56 Å². The first-order valence-electron chi connectivity index (χ1n) is 6.86. The van der Waals surface area contributed by atoms with Gasteiger partial charge in [-0.2, -0.15) is 0 Å². The molecule has 0 fully saturated rings. The van der Waals surface area contributed by atoms with E-state index >= 15 is 0 Å². The summed E-state index contributed by atoms with van der Waals surface area (Å²) in [5.41, 5.74) is 1.76. The molecular weight excluding hydrogens is 268 g/mol. The molecule has 0 spiro atoms. The van der Waals surface area contributed by atoms with Crippen LogP contribution in [0.25, 0.3) is 6.08 Å². The smallest absolute Gasteiger partial charge is 0.387 e. The van der Waals surface area contributed by atoms with Crippen LogP contribution in [0.3, 0.4) is 0 Å². The van der Waals surface area contributed by atoms with E-state index in [1.807, 2.05) is 78.0 Å². The molecule has 1 aromatic rings. The molecule has 0 aromatic heterocycles. The van der Waals surface area contributed by atoms with Crippen LogP contribution >= 0.6 is 0 Å². The van der Waals surface area contributed by atoms with Crippen molar-refractivity contribution in [1.29, 1.82) is 0 Å². The van der Waals surface area contributed by atoms with Gasteiger partial charge < -0.3 is 13.6 Å². The summed E-state index contributed by atoms with van der Waals surface area (Å²) in [5.74, 6) is 0. The van der Waals surface area contributed by atoms with Crippen LogP contribution in [0.2, 0.25) is 0 Å². The SMILES string of the molecule is CC(C)(C)O[Si](O)(/C=C/c1ccccc1)OC(C)(C)C. The van der Waals surface area contributed by atoms with Gasteiger partial charge in [-0.25, -0.2) is 0 Å². The molecule has 0 aliphatic carbocycles. The first kappa shape index (κ1) is 17.1. The monoisotopic (exact) mass is 294 g/mol. The summed E-state index contributed by atoms with van der Waals surface area (Å²) in [6.45, 7) is 11.5. The van der Waals surface area contributed by atoms with Gasteiger partial charge in [0.1, 0.15) is 0 Å². The molecule has 112 valence electrons. The highest BCUT2D eigenvalue weighted by molar-refractivity contribution is 6.65. The minimum absolute atomic E-state index is 0.465. The number of hydrogen-bond donors (Lipinski definition) is 1. The molecule has 3 nitrogen and oxygen atoms in total. The molecular formula is C16H26O3Si. The number of hydrogen-bond acceptors (Lipinski definition) is 3. The molecule has 0 saturated heterocycles. The van der Waals surface area contributed by atoms with Gasteiger partial charge in [0.2, 0.25) is 0 Å². The highest BCUT2D eigenvalue weighted by Crippen LogP contribution is 2.23. The maximum Gasteiger partial charge on any atom is 0.527 e. The zero-order valence-corrected chi connectivity index (χ0v) is 14.3. The Morgan fingerprint density at radius 3 is 1.75 bits per heavy atom. The van der Waals surface area contributed by atoms with Gasteiger partial charge in [-0.05, 0) is 52.8 Å². The quantitative estimate of drug-likeness (QED) is 0.858. The number of benzene rings is 1. The van der Waals surface area contributed by atoms with E-state index in [1.54, 1.807) is 5.70 Å². The van der Waals surface area contributed by atoms with Crippen molar-refractivity contribution in [1.82, 2.24) is 0 Å². The van der Waals surface area contributed by atoms with Crippen LogP contribution in [-0.2, 0) is 8.85 Å². The van der Waals surface area contributed by atoms with Gasteiger partial charge in [0.05, 0.1) is 11.2 Å². The lowest BCUT2D eigenvalue weighted by molar-refractivity contribution is -0.0180. The summed E-state index contributed by atoms with van der Waals surface area (Å²) in [7, 11) is -3.38. The van der Waals surface area contributed by atoms with Gasteiger partial charge >= 0.3 is 8.80 Å². The third-order valence-electron chi connectivity index (χ3n) is 2.19. The Labute approximate surface area is 123 Å². The molecule has 0 aliphatic heterocycles. The lowest BCUT2D eigenvalue weighted by Gasteiger charge is -2.34. The normalized spacial score (nSPS) is 13.9. The predicted octanol–water partition coefficient (Wildman–Crippen LogP) is 3.80. The zero-order chi connectivity index (χ0) is 15.4. The van der Waals surface area contributed by atoms with Gasteiger partial charge in [0.15, 0.2) is 0 Å². The van der Waals surface area contributed by atoms with Gasteiger partial charge in [0, 0.05) is 0 Å². The average Bonchev–Trinajstić information content (AvgIpc) is 2.23. The molecule has 0 amide bonds. The van der Waals surface area contributed by atoms with Crippen LogP contribution in [0.1, 0.15) is 47.1 Å². The fourth-order valence-electron chi connectivity index (χ4n) is 1.73. The molecule has 0 atom stereocenters. The standard InChI is InChI=1S/C16H26O3Si/c1-15(2,3)18-20(17,19-16(4,5)6)13-12-14-10-8-7-9-11-14/h7-13,17H,1-6H3/b13-12+. The highest BCUT2D eigenvalue weighted by atomic mass is 28.4. The fourth-order valence-corrected chi connectivity index (χ4v) is 4.07. The second kappa shape index (κ2) is 6.22. The van der Waals surface area contributed by atoms with Crippen molar-refractivity contribution in [3.63, 3.8) is 0 Å². The lowest BCUT2D eigenvalue weighted by Crippen LogP contribution is -2.50. The molecule has 0 saturated carbocycles. The third kappa shape index (κ3) is 7.00. The van der Waals surface area contributed by atoms with Crippen LogP contribution in [0.15, 0.2) is 36.0 Å². The van der Waals surface area contributed by atoms with E-state index in [9.17, 15) is 4.80 Å². The van der Waals surface area contributed by atoms with Crippen molar-refractivity contribution in [3.05, 3.63) is 41.6 Å². The van der Waals surface area contributed by atoms with Crippen LogP contribution in [0.5, 0.6) is 0 Å². The van der Waals surface area contributed by atoms with E-state index in [-0.39, 0.29) is 0 Å². The molecule has 1 rings (SSSR count). The lowest BCUT2D eigenvalue weighted by atomic mass is 10.2. The minimum atomic E-state index is -3.38. The maximum absolute atomic E-state index is 10.8. The highest BCUT2D eigenvalue weighted by Gasteiger charge is 2.42. The Balaban J connectivity index is 2.96. The van der Waals surface area contributed by atoms with Gasteiger partial charge in [-0.3, -0.25) is 0 Å². The summed E-state index contributed by atoms with van der Waals surface area (Å²) in [6, 6.07) is 9.81. The molecule has 0 aliphatic rings. The van der Waals surface area contributed by atoms with Crippen molar-refractivity contribution in [2.24, 2.45) is 0 Å². The fraction of sp³-hybridized carbons (Fsp3) is 0.500. The molecule has 0 unspecified atom stereocenters. The topological polar surface area (TPSA) is 38.7 Å². The molecule has 0 bridgehead atoms. The van der Waals surface area contributed by atoms with E-state index in [0.29, 0.717) is 0 Å². The van der Waals surface area contributed by atoms with E-state index < -0.39 is 20.0 Å². The second-order valence-electron chi connectivity index (χ2n) is 6.80. The van der Waals surface area contributed by atoms with Crippen molar-refractivity contribution in [2.45, 2.75) is 52.7 Å². The third-order valence-corrected chi connectivity index (χ3v) is 4.59. The Morgan fingerprint density at radius 2 is 1.35 bits per heavy atom. The van der Waals surface area contributed by atoms with Gasteiger partial charge in [-0.1, -0.05) is 36.4 Å². The molecule has 0 heterocycles. The van der Waals surface area contributed by atoms with E-state index in [4.69, 9.17) is 8.85 Å². The summed E-state index contributed by atoms with van der Waals surface area (Å²) in [6.07, 6.45) is 1.85. The molecule has 4 heteroatoms. The second-order valence-corrected chi connectivity index (χ2v) is 8.81. The van der Waals surface area contributed by atoms with Gasteiger partial charge in [-0.15, -0.1) is 0 Å². The van der Waals surface area contributed by atoms with E-state index in [1.165, 1.54) is 0 Å². The zero-order valence-electron chi connectivity index (χ0n) is 13.3. The summed E-state index contributed by atoms with van der Waals surface area (Å²) < 4.78 is 11.6. The first-order valence-corrected chi connectivity index (χ1v) is 8.70. The van der Waals surface area contributed by atoms with Crippen molar-refractivity contribution >= 4 is 14.9 Å². The Bertz CT molecular complexity index is 425. The van der Waals surface area contributed by atoms with Crippen LogP contribution < -0.4 is 0 Å². The molecule has 0 radical (unpaired) electrons. The Morgan fingerprint density at radius 1 is 0.900 bits per heavy atom. The number of rotatable bonds is 4. The first-order chi connectivity index (χ1) is 8.99. The molecule has 1 aromatic carbocycles. The Kier molecular flexibility index (Phi) is 5.32. The maximum atomic E-state index is 10.8. The summed E-state index contributed by atoms with van der Waals surface area (Å²) in [4.78, 5) is 10.8. The predicted molar refractivity (Wildman–Crippen MR) is 85.1 cm³/mol. The van der Waals surface area contributed by atoms with Crippen LogP contribution in [0, 0.1) is 0 Å². The average molecular weight is 294 g/mol. The largest absolute Gasteiger partial charge is 0.527 e. The van der Waals surface area contributed by atoms with Crippen molar-refractivity contribution in [2.75, 3.05) is 0 Å². The molecule has 20 heavy (non-hydrogen) atoms. The Hall–Kier alpha value is -0.943. The minimum Gasteiger partial charge on any atom is -0.387 e. The van der Waals surface area contributed by atoms with Crippen molar-refractivity contribution in [3.8, 4) is 0 Å². The van der Waals surface area contributed by atoms with Crippen molar-refractivity contribution < 1.29 is 13.6 Å².